The van der Waals surface area contributed by atoms with E-state index < -0.39 is 11.8 Å². The molecule has 1 saturated heterocycles. The number of anilines is 1. The Hall–Kier alpha value is -4.69. The fourth-order valence-electron chi connectivity index (χ4n) is 5.34. The average molecular weight is 566 g/mol. The molecule has 0 amide bonds. The van der Waals surface area contributed by atoms with Gasteiger partial charge in [0.15, 0.2) is 5.82 Å². The van der Waals surface area contributed by atoms with E-state index in [4.69, 9.17) is 19.2 Å². The van der Waals surface area contributed by atoms with E-state index in [1.54, 1.807) is 18.2 Å². The average Bonchev–Trinajstić information content (AvgIpc) is 3.71. The number of carbonyl (C=O) groups excluding carboxylic acids is 1. The number of hydrogen-bond donors (Lipinski definition) is 1. The number of rotatable bonds is 10. The molecule has 0 unspecified atom stereocenters. The van der Waals surface area contributed by atoms with Crippen LogP contribution in [0.2, 0.25) is 0 Å². The highest BCUT2D eigenvalue weighted by molar-refractivity contribution is 6.07. The fraction of sp³-hybridized carbons (Fsp3) is 0.235. The van der Waals surface area contributed by atoms with Gasteiger partial charge in [0.25, 0.3) is 0 Å². The molecule has 214 valence electrons. The molecule has 8 heteroatoms. The summed E-state index contributed by atoms with van der Waals surface area (Å²) < 4.78 is 31.9. The first kappa shape index (κ1) is 27.5. The number of nitrogens with zero attached hydrogens (tertiary/aromatic N) is 2. The Labute approximate surface area is 243 Å². The highest BCUT2D eigenvalue weighted by atomic mass is 19.1. The fourth-order valence-corrected chi connectivity index (χ4v) is 5.34. The summed E-state index contributed by atoms with van der Waals surface area (Å²) in [5.74, 6) is 0.137. The molecular weight excluding hydrogens is 533 g/mol. The highest BCUT2D eigenvalue weighted by Gasteiger charge is 2.22. The maximum Gasteiger partial charge on any atom is 0.340 e. The van der Waals surface area contributed by atoms with Gasteiger partial charge in [0.2, 0.25) is 0 Å². The molecule has 1 aliphatic rings. The van der Waals surface area contributed by atoms with Gasteiger partial charge >= 0.3 is 5.97 Å². The van der Waals surface area contributed by atoms with Crippen LogP contribution in [-0.4, -0.2) is 42.4 Å². The number of pyridine rings is 1. The molecule has 0 bridgehead atoms. The van der Waals surface area contributed by atoms with Crippen LogP contribution in [0.15, 0.2) is 91.1 Å². The van der Waals surface area contributed by atoms with Gasteiger partial charge in [0.1, 0.15) is 18.2 Å². The van der Waals surface area contributed by atoms with Crippen molar-refractivity contribution >= 4 is 22.7 Å². The third-order valence-corrected chi connectivity index (χ3v) is 7.48. The lowest BCUT2D eigenvalue weighted by atomic mass is 10.1. The van der Waals surface area contributed by atoms with Crippen LogP contribution in [0.5, 0.6) is 5.75 Å². The molecule has 0 aliphatic carbocycles. The monoisotopic (exact) mass is 565 g/mol. The van der Waals surface area contributed by atoms with Crippen molar-refractivity contribution in [3.63, 3.8) is 0 Å². The molecule has 3 aromatic carbocycles. The molecule has 1 atom stereocenters. The summed E-state index contributed by atoms with van der Waals surface area (Å²) in [6.45, 7) is 2.28. The summed E-state index contributed by atoms with van der Waals surface area (Å²) in [5, 5.41) is 0.603. The first-order chi connectivity index (χ1) is 20.6. The SMILES string of the molecule is COC(=O)c1cnc(N(Cc2ccccc2)Cc2ccccc2)c2[nH]c(-c3ccc(OC[C@@H]4CCCO4)cc3F)cc12. The van der Waals surface area contributed by atoms with Crippen LogP contribution < -0.4 is 9.64 Å². The van der Waals surface area contributed by atoms with Crippen molar-refractivity contribution in [3.8, 4) is 17.0 Å². The van der Waals surface area contributed by atoms with E-state index in [1.807, 2.05) is 36.4 Å². The Morgan fingerprint density at radius 2 is 1.74 bits per heavy atom. The van der Waals surface area contributed by atoms with Crippen LogP contribution in [-0.2, 0) is 22.6 Å². The largest absolute Gasteiger partial charge is 0.491 e. The molecule has 42 heavy (non-hydrogen) atoms. The molecule has 2 aromatic heterocycles. The summed E-state index contributed by atoms with van der Waals surface area (Å²) in [7, 11) is 1.34. The van der Waals surface area contributed by atoms with Crippen molar-refractivity contribution in [2.24, 2.45) is 0 Å². The van der Waals surface area contributed by atoms with E-state index in [0.29, 0.717) is 59.0 Å². The lowest BCUT2D eigenvalue weighted by Crippen LogP contribution is -2.24. The van der Waals surface area contributed by atoms with Gasteiger partial charge in [-0.3, -0.25) is 0 Å². The second-order valence-corrected chi connectivity index (χ2v) is 10.4. The van der Waals surface area contributed by atoms with Crippen LogP contribution in [0, 0.1) is 5.82 Å². The predicted octanol–water partition coefficient (Wildman–Crippen LogP) is 6.92. The van der Waals surface area contributed by atoms with Crippen molar-refractivity contribution in [1.29, 1.82) is 0 Å². The number of aromatic nitrogens is 2. The molecule has 1 fully saturated rings. The van der Waals surface area contributed by atoms with Gasteiger partial charge in [-0.05, 0) is 42.2 Å². The summed E-state index contributed by atoms with van der Waals surface area (Å²) >= 11 is 0. The van der Waals surface area contributed by atoms with Crippen molar-refractivity contribution in [1.82, 2.24) is 9.97 Å². The number of methoxy groups -OCH3 is 1. The zero-order valence-electron chi connectivity index (χ0n) is 23.4. The molecule has 7 nitrogen and oxygen atoms in total. The van der Waals surface area contributed by atoms with Crippen LogP contribution in [0.1, 0.15) is 34.3 Å². The van der Waals surface area contributed by atoms with Crippen LogP contribution in [0.4, 0.5) is 10.2 Å². The van der Waals surface area contributed by atoms with Crippen molar-refractivity contribution in [2.75, 3.05) is 25.2 Å². The lowest BCUT2D eigenvalue weighted by molar-refractivity contribution is 0.0602. The molecule has 1 N–H and O–H groups in total. The van der Waals surface area contributed by atoms with E-state index in [9.17, 15) is 4.79 Å². The smallest absolute Gasteiger partial charge is 0.340 e. The summed E-state index contributed by atoms with van der Waals surface area (Å²) in [6, 6.07) is 26.8. The molecule has 0 spiro atoms. The Bertz CT molecular complexity index is 1630. The standard InChI is InChI=1S/C34H32FN3O4/c1-40-34(39)29-19-36-33(38(20-23-9-4-2-5-10-23)21-24-11-6-3-7-12-24)32-28(29)18-31(37-32)27-15-14-25(17-30(27)35)42-22-26-13-8-16-41-26/h2-7,9-12,14-15,17-19,26,37H,8,13,16,20-22H2,1H3/t26-/m0/s1. The summed E-state index contributed by atoms with van der Waals surface area (Å²) in [5.41, 5.74) is 4.02. The topological polar surface area (TPSA) is 76.7 Å². The number of hydrogen-bond acceptors (Lipinski definition) is 6. The van der Waals surface area contributed by atoms with Crippen molar-refractivity contribution < 1.29 is 23.4 Å². The number of H-pyrrole nitrogens is 1. The number of nitrogens with one attached hydrogen (secondary N) is 1. The van der Waals surface area contributed by atoms with Gasteiger partial charge in [-0.2, -0.15) is 0 Å². The van der Waals surface area contributed by atoms with Gasteiger partial charge < -0.3 is 24.1 Å². The zero-order valence-corrected chi connectivity index (χ0v) is 23.4. The van der Waals surface area contributed by atoms with Gasteiger partial charge in [0, 0.05) is 48.6 Å². The van der Waals surface area contributed by atoms with E-state index in [0.717, 1.165) is 30.6 Å². The van der Waals surface area contributed by atoms with Gasteiger partial charge in [0.05, 0.1) is 24.3 Å². The van der Waals surface area contributed by atoms with Crippen molar-refractivity contribution in [3.05, 3.63) is 114 Å². The summed E-state index contributed by atoms with van der Waals surface area (Å²) in [6.07, 6.45) is 3.53. The number of aromatic amines is 1. The third kappa shape index (κ3) is 5.99. The highest BCUT2D eigenvalue weighted by Crippen LogP contribution is 2.35. The van der Waals surface area contributed by atoms with Gasteiger partial charge in [-0.15, -0.1) is 0 Å². The van der Waals surface area contributed by atoms with Crippen LogP contribution in [0.3, 0.4) is 0 Å². The molecule has 5 aromatic rings. The molecule has 1 aliphatic heterocycles. The molecule has 3 heterocycles. The Morgan fingerprint density at radius 3 is 2.36 bits per heavy atom. The minimum Gasteiger partial charge on any atom is -0.491 e. The van der Waals surface area contributed by atoms with Crippen LogP contribution in [0.25, 0.3) is 22.2 Å². The number of halogens is 1. The number of carbonyl (C=O) groups is 1. The molecule has 0 radical (unpaired) electrons. The summed E-state index contributed by atoms with van der Waals surface area (Å²) in [4.78, 5) is 23.0. The Balaban J connectivity index is 1.39. The Kier molecular flexibility index (Phi) is 8.14. The normalized spacial score (nSPS) is 14.7. The minimum absolute atomic E-state index is 0.0406. The number of ether oxygens (including phenoxy) is 3. The molecular formula is C34H32FN3O4. The maximum absolute atomic E-state index is 15.5. The van der Waals surface area contributed by atoms with Crippen LogP contribution >= 0.6 is 0 Å². The Morgan fingerprint density at radius 1 is 1.02 bits per heavy atom. The number of fused-ring (bicyclic) bond motifs is 1. The van der Waals surface area contributed by atoms with Gasteiger partial charge in [-0.25, -0.2) is 14.2 Å². The second kappa shape index (κ2) is 12.4. The lowest BCUT2D eigenvalue weighted by Gasteiger charge is -2.25. The number of benzene rings is 3. The van der Waals surface area contributed by atoms with E-state index >= 15 is 4.39 Å². The zero-order chi connectivity index (χ0) is 28.9. The van der Waals surface area contributed by atoms with E-state index in [1.165, 1.54) is 19.4 Å². The maximum atomic E-state index is 15.5. The van der Waals surface area contributed by atoms with Crippen molar-refractivity contribution in [2.45, 2.75) is 32.0 Å². The first-order valence-corrected chi connectivity index (χ1v) is 14.1. The molecule has 6 rings (SSSR count). The first-order valence-electron chi connectivity index (χ1n) is 14.1. The van der Waals surface area contributed by atoms with E-state index in [2.05, 4.69) is 34.1 Å². The third-order valence-electron chi connectivity index (χ3n) is 7.48. The predicted molar refractivity (Wildman–Crippen MR) is 160 cm³/mol. The second-order valence-electron chi connectivity index (χ2n) is 10.4. The van der Waals surface area contributed by atoms with Gasteiger partial charge in [-0.1, -0.05) is 60.7 Å². The number of esters is 1. The molecule has 0 saturated carbocycles. The quantitative estimate of drug-likeness (QED) is 0.185. The minimum atomic E-state index is -0.513. The van der Waals surface area contributed by atoms with E-state index in [-0.39, 0.29) is 6.10 Å².